The Labute approximate surface area is 195 Å². The van der Waals surface area contributed by atoms with Crippen LogP contribution < -0.4 is 10.6 Å². The molecule has 0 aliphatic rings. The van der Waals surface area contributed by atoms with Crippen LogP contribution in [0.15, 0.2) is 54.6 Å². The van der Waals surface area contributed by atoms with E-state index in [1.165, 1.54) is 0 Å². The van der Waals surface area contributed by atoms with Crippen LogP contribution >= 0.6 is 0 Å². The highest BCUT2D eigenvalue weighted by Crippen LogP contribution is 2.25. The molecule has 2 aromatic carbocycles. The first-order valence-corrected chi connectivity index (χ1v) is 11.6. The van der Waals surface area contributed by atoms with Crippen LogP contribution in [0.3, 0.4) is 0 Å². The molecule has 7 heteroatoms. The Hall–Kier alpha value is -2.90. The minimum atomic E-state index is -1.07. The van der Waals surface area contributed by atoms with Crippen LogP contribution in [0.2, 0.25) is 0 Å². The van der Waals surface area contributed by atoms with Crippen LogP contribution in [0.25, 0.3) is 0 Å². The largest absolute Gasteiger partial charge is 0.508 e. The van der Waals surface area contributed by atoms with Crippen molar-refractivity contribution < 1.29 is 24.9 Å². The normalized spacial score (nSPS) is 14.8. The second-order valence-electron chi connectivity index (χ2n) is 8.49. The molecular formula is C26H36N2O5. The summed E-state index contributed by atoms with van der Waals surface area (Å²) >= 11 is 0. The lowest BCUT2D eigenvalue weighted by Gasteiger charge is -2.26. The number of aryl methyl sites for hydroxylation is 1. The first kappa shape index (κ1) is 26.4. The van der Waals surface area contributed by atoms with Gasteiger partial charge in [-0.1, -0.05) is 49.4 Å². The minimum absolute atomic E-state index is 0.174. The third-order valence-corrected chi connectivity index (χ3v) is 5.90. The van der Waals surface area contributed by atoms with Gasteiger partial charge in [0, 0.05) is 0 Å². The summed E-state index contributed by atoms with van der Waals surface area (Å²) < 4.78 is 0. The van der Waals surface area contributed by atoms with Crippen molar-refractivity contribution in [3.63, 3.8) is 0 Å². The summed E-state index contributed by atoms with van der Waals surface area (Å²) in [6.07, 6.45) is 1.73. The average molecular weight is 457 g/mol. The van der Waals surface area contributed by atoms with Crippen LogP contribution in [0.5, 0.6) is 5.75 Å². The van der Waals surface area contributed by atoms with Gasteiger partial charge in [0.05, 0.1) is 24.6 Å². The van der Waals surface area contributed by atoms with Crippen LogP contribution in [0, 0.1) is 0 Å². The van der Waals surface area contributed by atoms with Crippen molar-refractivity contribution >= 4 is 11.9 Å². The van der Waals surface area contributed by atoms with Gasteiger partial charge in [-0.15, -0.1) is 0 Å². The molecule has 2 aromatic rings. The summed E-state index contributed by atoms with van der Waals surface area (Å²) in [4.78, 5) is 24.0. The molecule has 1 amide bonds. The number of aromatic hydroxyl groups is 1. The maximum atomic E-state index is 12.7. The third kappa shape index (κ3) is 9.24. The fourth-order valence-corrected chi connectivity index (χ4v) is 3.84. The van der Waals surface area contributed by atoms with Crippen molar-refractivity contribution in [3.05, 3.63) is 65.7 Å². The molecule has 7 nitrogen and oxygen atoms in total. The van der Waals surface area contributed by atoms with E-state index in [0.717, 1.165) is 24.0 Å². The highest BCUT2D eigenvalue weighted by molar-refractivity contribution is 5.86. The molecule has 0 aromatic heterocycles. The van der Waals surface area contributed by atoms with Gasteiger partial charge in [0.25, 0.3) is 0 Å². The van der Waals surface area contributed by atoms with E-state index in [2.05, 4.69) is 17.6 Å². The SMILES string of the molecule is CCC(CC(O)C(C)NC(=O)C(CC(=O)O)NCCCc1ccc(O)cc1)c1ccccc1. The topological polar surface area (TPSA) is 119 Å². The van der Waals surface area contributed by atoms with E-state index < -0.39 is 30.1 Å². The Balaban J connectivity index is 1.86. The van der Waals surface area contributed by atoms with Gasteiger partial charge >= 0.3 is 5.97 Å². The van der Waals surface area contributed by atoms with E-state index in [4.69, 9.17) is 0 Å². The highest BCUT2D eigenvalue weighted by atomic mass is 16.4. The number of carbonyl (C=O) groups is 2. The maximum Gasteiger partial charge on any atom is 0.305 e. The number of hydrogen-bond donors (Lipinski definition) is 5. The zero-order chi connectivity index (χ0) is 24.2. The minimum Gasteiger partial charge on any atom is -0.508 e. The summed E-state index contributed by atoms with van der Waals surface area (Å²) in [5, 5.41) is 35.1. The van der Waals surface area contributed by atoms with Crippen LogP contribution in [-0.2, 0) is 16.0 Å². The number of phenols is 1. The smallest absolute Gasteiger partial charge is 0.305 e. The van der Waals surface area contributed by atoms with Gasteiger partial charge in [-0.25, -0.2) is 0 Å². The number of aliphatic hydroxyl groups is 1. The van der Waals surface area contributed by atoms with Crippen molar-refractivity contribution in [2.45, 2.75) is 70.1 Å². The van der Waals surface area contributed by atoms with Crippen molar-refractivity contribution in [3.8, 4) is 5.75 Å². The van der Waals surface area contributed by atoms with Crippen molar-refractivity contribution in [2.24, 2.45) is 0 Å². The molecule has 0 saturated carbocycles. The van der Waals surface area contributed by atoms with Crippen molar-refractivity contribution in [1.82, 2.24) is 10.6 Å². The Morgan fingerprint density at radius 1 is 1.03 bits per heavy atom. The molecule has 0 aliphatic carbocycles. The number of benzene rings is 2. The monoisotopic (exact) mass is 456 g/mol. The fourth-order valence-electron chi connectivity index (χ4n) is 3.84. The Morgan fingerprint density at radius 2 is 1.70 bits per heavy atom. The zero-order valence-corrected chi connectivity index (χ0v) is 19.4. The lowest BCUT2D eigenvalue weighted by atomic mass is 9.89. The van der Waals surface area contributed by atoms with Crippen molar-refractivity contribution in [1.29, 1.82) is 0 Å². The second kappa shape index (κ2) is 13.6. The molecule has 180 valence electrons. The van der Waals surface area contributed by atoms with Gasteiger partial charge in [-0.3, -0.25) is 9.59 Å². The van der Waals surface area contributed by atoms with E-state index >= 15 is 0 Å². The Morgan fingerprint density at radius 3 is 2.30 bits per heavy atom. The number of hydrogen-bond acceptors (Lipinski definition) is 5. The molecule has 0 spiro atoms. The van der Waals surface area contributed by atoms with E-state index in [1.54, 1.807) is 19.1 Å². The van der Waals surface area contributed by atoms with Gasteiger partial charge in [0.1, 0.15) is 5.75 Å². The first-order valence-electron chi connectivity index (χ1n) is 11.6. The number of carboxylic acid groups (broad SMARTS) is 1. The predicted molar refractivity (Wildman–Crippen MR) is 128 cm³/mol. The summed E-state index contributed by atoms with van der Waals surface area (Å²) in [7, 11) is 0. The number of carboxylic acids is 1. The van der Waals surface area contributed by atoms with Crippen LogP contribution in [-0.4, -0.2) is 51.9 Å². The van der Waals surface area contributed by atoms with Crippen LogP contribution in [0.4, 0.5) is 0 Å². The molecular weight excluding hydrogens is 420 g/mol. The van der Waals surface area contributed by atoms with Gasteiger partial charge < -0.3 is 26.0 Å². The quantitative estimate of drug-likeness (QED) is 0.279. The molecule has 5 N–H and O–H groups in total. The molecule has 0 radical (unpaired) electrons. The highest BCUT2D eigenvalue weighted by Gasteiger charge is 2.26. The van der Waals surface area contributed by atoms with E-state index in [1.807, 2.05) is 42.5 Å². The Bertz CT molecular complexity index is 857. The molecule has 2 rings (SSSR count). The molecule has 0 heterocycles. The zero-order valence-electron chi connectivity index (χ0n) is 19.4. The van der Waals surface area contributed by atoms with Crippen LogP contribution in [0.1, 0.15) is 56.6 Å². The van der Waals surface area contributed by atoms with Gasteiger partial charge in [0.2, 0.25) is 5.91 Å². The number of carbonyl (C=O) groups excluding carboxylic acids is 1. The molecule has 33 heavy (non-hydrogen) atoms. The molecule has 0 saturated heterocycles. The lowest BCUT2D eigenvalue weighted by molar-refractivity contribution is -0.140. The molecule has 0 fully saturated rings. The van der Waals surface area contributed by atoms with E-state index in [0.29, 0.717) is 19.4 Å². The number of rotatable bonds is 14. The van der Waals surface area contributed by atoms with Crippen molar-refractivity contribution in [2.75, 3.05) is 6.54 Å². The summed E-state index contributed by atoms with van der Waals surface area (Å²) in [5.41, 5.74) is 2.20. The second-order valence-corrected chi connectivity index (χ2v) is 8.49. The summed E-state index contributed by atoms with van der Waals surface area (Å²) in [6.45, 7) is 4.27. The van der Waals surface area contributed by atoms with Gasteiger partial charge in [-0.2, -0.15) is 0 Å². The molecule has 0 bridgehead atoms. The number of aliphatic hydroxyl groups excluding tert-OH is 1. The van der Waals surface area contributed by atoms with Gasteiger partial charge in [0.15, 0.2) is 0 Å². The number of aliphatic carboxylic acids is 1. The number of nitrogens with one attached hydrogen (secondary N) is 2. The average Bonchev–Trinajstić information content (AvgIpc) is 2.80. The predicted octanol–water partition coefficient (Wildman–Crippen LogP) is 3.21. The lowest BCUT2D eigenvalue weighted by Crippen LogP contribution is -2.51. The Kier molecular flexibility index (Phi) is 10.9. The third-order valence-electron chi connectivity index (χ3n) is 5.90. The number of phenolic OH excluding ortho intramolecular Hbond substituents is 1. The fraction of sp³-hybridized carbons (Fsp3) is 0.462. The first-order chi connectivity index (χ1) is 15.8. The van der Waals surface area contributed by atoms with E-state index in [-0.39, 0.29) is 18.1 Å². The standard InChI is InChI=1S/C26H36N2O5/c1-3-20(21-9-5-4-6-10-21)16-24(30)18(2)28-26(33)23(17-25(31)32)27-15-7-8-19-11-13-22(29)14-12-19/h4-6,9-14,18,20,23-24,27,29-30H,3,7-8,15-17H2,1-2H3,(H,28,33)(H,31,32). The molecule has 4 atom stereocenters. The van der Waals surface area contributed by atoms with E-state index in [9.17, 15) is 24.9 Å². The molecule has 0 aliphatic heterocycles. The van der Waals surface area contributed by atoms with Gasteiger partial charge in [-0.05, 0) is 68.3 Å². The summed E-state index contributed by atoms with van der Waals surface area (Å²) in [6, 6.07) is 15.5. The number of amides is 1. The molecule has 4 unspecified atom stereocenters. The summed E-state index contributed by atoms with van der Waals surface area (Å²) in [5.74, 6) is -1.11. The maximum absolute atomic E-state index is 12.7.